The Hall–Kier alpha value is -1.95. The van der Waals surface area contributed by atoms with Gasteiger partial charge in [-0.15, -0.1) is 0 Å². The number of ketones is 1. The third-order valence-electron chi connectivity index (χ3n) is 5.49. The molecule has 4 atom stereocenters. The molecule has 0 unspecified atom stereocenters. The van der Waals surface area contributed by atoms with E-state index in [0.29, 0.717) is 44.1 Å². The molecule has 0 N–H and O–H groups in total. The van der Waals surface area contributed by atoms with E-state index in [1.165, 1.54) is 14.0 Å². The van der Waals surface area contributed by atoms with Gasteiger partial charge in [0.2, 0.25) is 0 Å². The van der Waals surface area contributed by atoms with Crippen LogP contribution in [0.3, 0.4) is 0 Å². The molecule has 6 heteroatoms. The first kappa shape index (κ1) is 21.4. The molecule has 0 aromatic carbocycles. The molecule has 150 valence electrons. The molecule has 0 aromatic heterocycles. The summed E-state index contributed by atoms with van der Waals surface area (Å²) >= 11 is 0. The molecule has 0 radical (unpaired) electrons. The van der Waals surface area contributed by atoms with Gasteiger partial charge >= 0.3 is 11.9 Å². The number of methoxy groups -OCH3 is 1. The Morgan fingerprint density at radius 1 is 1.41 bits per heavy atom. The minimum atomic E-state index is -0.527. The van der Waals surface area contributed by atoms with Crippen molar-refractivity contribution in [1.82, 2.24) is 0 Å². The van der Waals surface area contributed by atoms with Gasteiger partial charge in [-0.1, -0.05) is 12.7 Å². The second-order valence-corrected chi connectivity index (χ2v) is 8.00. The molecule has 2 aliphatic rings. The smallest absolute Gasteiger partial charge is 0.333 e. The Kier molecular flexibility index (Phi) is 6.63. The predicted molar refractivity (Wildman–Crippen MR) is 99.9 cm³/mol. The fourth-order valence-corrected chi connectivity index (χ4v) is 3.51. The van der Waals surface area contributed by atoms with Gasteiger partial charge in [0.25, 0.3) is 0 Å². The zero-order valence-electron chi connectivity index (χ0n) is 16.7. The van der Waals surface area contributed by atoms with Gasteiger partial charge < -0.3 is 19.0 Å². The lowest BCUT2D eigenvalue weighted by atomic mass is 9.86. The summed E-state index contributed by atoms with van der Waals surface area (Å²) < 4.78 is 16.0. The molecule has 2 aliphatic heterocycles. The molecule has 2 saturated heterocycles. The molecule has 6 nitrogen and oxygen atoms in total. The lowest BCUT2D eigenvalue weighted by Gasteiger charge is -2.18. The molecule has 2 rings (SSSR count). The highest BCUT2D eigenvalue weighted by Crippen LogP contribution is 2.45. The first-order valence-corrected chi connectivity index (χ1v) is 9.42. The van der Waals surface area contributed by atoms with E-state index in [2.05, 4.69) is 6.58 Å². The van der Waals surface area contributed by atoms with Gasteiger partial charge in [0, 0.05) is 24.8 Å². The van der Waals surface area contributed by atoms with E-state index in [1.54, 1.807) is 0 Å². The summed E-state index contributed by atoms with van der Waals surface area (Å²) in [6.07, 6.45) is 7.32. The minimum absolute atomic E-state index is 0.0144. The maximum absolute atomic E-state index is 11.8. The Labute approximate surface area is 160 Å². The van der Waals surface area contributed by atoms with Gasteiger partial charge in [0.15, 0.2) is 0 Å². The van der Waals surface area contributed by atoms with Crippen LogP contribution in [0, 0.1) is 5.92 Å². The van der Waals surface area contributed by atoms with E-state index in [9.17, 15) is 14.4 Å². The maximum Gasteiger partial charge on any atom is 0.333 e. The van der Waals surface area contributed by atoms with Crippen molar-refractivity contribution in [1.29, 1.82) is 0 Å². The number of carbonyl (C=O) groups excluding carboxylic acids is 3. The fraction of sp³-hybridized carbons (Fsp3) is 0.667. The Balaban J connectivity index is 1.91. The number of ether oxygens (including phenoxy) is 3. The number of carbonyl (C=O) groups is 3. The molecular weight excluding hydrogens is 348 g/mol. The fourth-order valence-electron chi connectivity index (χ4n) is 3.51. The molecule has 0 aliphatic carbocycles. The van der Waals surface area contributed by atoms with Gasteiger partial charge in [0.1, 0.15) is 11.4 Å². The summed E-state index contributed by atoms with van der Waals surface area (Å²) in [5, 5.41) is 0. The molecule has 27 heavy (non-hydrogen) atoms. The van der Waals surface area contributed by atoms with Crippen molar-refractivity contribution in [2.45, 2.75) is 76.6 Å². The van der Waals surface area contributed by atoms with E-state index in [-0.39, 0.29) is 29.4 Å². The molecule has 0 bridgehead atoms. The van der Waals surface area contributed by atoms with Gasteiger partial charge in [-0.3, -0.25) is 4.79 Å². The largest absolute Gasteiger partial charge is 0.466 e. The quantitative estimate of drug-likeness (QED) is 0.251. The maximum atomic E-state index is 11.8. The SMILES string of the molecule is C=C(C(=O)OC)[C@H](CCC(C)=O)C[C@@H]1O[C@@]1(C)CC=C[C@@]1(C)CCC(=O)O1. The highest BCUT2D eigenvalue weighted by molar-refractivity contribution is 5.88. The number of hydrogen-bond donors (Lipinski definition) is 0. The second-order valence-electron chi connectivity index (χ2n) is 8.00. The lowest BCUT2D eigenvalue weighted by molar-refractivity contribution is -0.144. The molecule has 0 aromatic rings. The topological polar surface area (TPSA) is 82.2 Å². The zero-order chi connectivity index (χ0) is 20.2. The van der Waals surface area contributed by atoms with Gasteiger partial charge in [-0.05, 0) is 52.0 Å². The van der Waals surface area contributed by atoms with Crippen LogP contribution in [0.1, 0.15) is 59.3 Å². The Morgan fingerprint density at radius 2 is 2.11 bits per heavy atom. The van der Waals surface area contributed by atoms with Gasteiger partial charge in [-0.25, -0.2) is 4.79 Å². The Bertz CT molecular complexity index is 651. The van der Waals surface area contributed by atoms with E-state index < -0.39 is 11.6 Å². The summed E-state index contributed by atoms with van der Waals surface area (Å²) in [5.41, 5.74) is -0.459. The van der Waals surface area contributed by atoms with Crippen LogP contribution in [0.15, 0.2) is 24.3 Å². The van der Waals surface area contributed by atoms with Gasteiger partial charge in [-0.2, -0.15) is 0 Å². The highest BCUT2D eigenvalue weighted by atomic mass is 16.6. The van der Waals surface area contributed by atoms with Gasteiger partial charge in [0.05, 0.1) is 18.8 Å². The summed E-state index contributed by atoms with van der Waals surface area (Å²) in [6, 6.07) is 0. The first-order chi connectivity index (χ1) is 12.6. The van der Waals surface area contributed by atoms with E-state index >= 15 is 0 Å². The summed E-state index contributed by atoms with van der Waals surface area (Å²) in [4.78, 5) is 34.5. The number of cyclic esters (lactones) is 1. The number of hydrogen-bond acceptors (Lipinski definition) is 6. The van der Waals surface area contributed by atoms with E-state index in [1.807, 2.05) is 26.0 Å². The summed E-state index contributed by atoms with van der Waals surface area (Å²) in [6.45, 7) is 9.32. The van der Waals surface area contributed by atoms with E-state index in [0.717, 1.165) is 0 Å². The Morgan fingerprint density at radius 3 is 2.67 bits per heavy atom. The monoisotopic (exact) mass is 378 g/mol. The molecule has 2 fully saturated rings. The highest BCUT2D eigenvalue weighted by Gasteiger charge is 2.52. The van der Waals surface area contributed by atoms with Crippen molar-refractivity contribution in [2.24, 2.45) is 5.92 Å². The van der Waals surface area contributed by atoms with Crippen LogP contribution in [0.4, 0.5) is 0 Å². The second kappa shape index (κ2) is 8.38. The normalized spacial score (nSPS) is 30.8. The predicted octanol–water partition coefficient (Wildman–Crippen LogP) is 3.29. The van der Waals surface area contributed by atoms with Crippen LogP contribution < -0.4 is 0 Å². The van der Waals surface area contributed by atoms with Crippen molar-refractivity contribution >= 4 is 17.7 Å². The van der Waals surface area contributed by atoms with Crippen molar-refractivity contribution in [3.05, 3.63) is 24.3 Å². The minimum Gasteiger partial charge on any atom is -0.466 e. The average molecular weight is 378 g/mol. The molecular formula is C21H30O6. The van der Waals surface area contributed by atoms with Crippen molar-refractivity contribution in [2.75, 3.05) is 7.11 Å². The number of esters is 2. The average Bonchev–Trinajstić information content (AvgIpc) is 3.10. The molecule has 0 spiro atoms. The van der Waals surface area contributed by atoms with Crippen LogP contribution in [0.5, 0.6) is 0 Å². The molecule has 0 amide bonds. The number of rotatable bonds is 10. The molecule has 0 saturated carbocycles. The van der Waals surface area contributed by atoms with Crippen LogP contribution >= 0.6 is 0 Å². The van der Waals surface area contributed by atoms with Crippen LogP contribution in [0.2, 0.25) is 0 Å². The standard InChI is InChI=1S/C21H30O6/c1-14(22)7-8-16(15(2)19(24)25-5)13-17-21(4,26-17)11-6-10-20(3)12-9-18(23)27-20/h6,10,16-17H,2,7-9,11-13H2,1,3-5H3/t16-,17+,20+,21+/m1/s1. The van der Waals surface area contributed by atoms with Crippen molar-refractivity contribution < 1.29 is 28.6 Å². The van der Waals surface area contributed by atoms with Crippen LogP contribution in [0.25, 0.3) is 0 Å². The van der Waals surface area contributed by atoms with E-state index in [4.69, 9.17) is 14.2 Å². The zero-order valence-corrected chi connectivity index (χ0v) is 16.7. The molecule has 2 heterocycles. The third kappa shape index (κ3) is 5.76. The third-order valence-corrected chi connectivity index (χ3v) is 5.49. The van der Waals surface area contributed by atoms with Crippen molar-refractivity contribution in [3.8, 4) is 0 Å². The van der Waals surface area contributed by atoms with Crippen molar-refractivity contribution in [3.63, 3.8) is 0 Å². The summed E-state index contributed by atoms with van der Waals surface area (Å²) in [7, 11) is 1.33. The number of Topliss-reactive ketones (excluding diaryl/α,β-unsaturated/α-hetero) is 1. The van der Waals surface area contributed by atoms with Crippen LogP contribution in [-0.4, -0.2) is 42.1 Å². The first-order valence-electron chi connectivity index (χ1n) is 9.42. The van der Waals surface area contributed by atoms with Crippen LogP contribution in [-0.2, 0) is 28.6 Å². The lowest BCUT2D eigenvalue weighted by Crippen LogP contribution is -2.21. The number of epoxide rings is 1. The summed E-state index contributed by atoms with van der Waals surface area (Å²) in [5.74, 6) is -0.671.